The van der Waals surface area contributed by atoms with Gasteiger partial charge >= 0.3 is 0 Å². The van der Waals surface area contributed by atoms with E-state index < -0.39 is 15.9 Å². The van der Waals surface area contributed by atoms with E-state index in [4.69, 9.17) is 9.15 Å². The molecule has 1 fully saturated rings. The lowest BCUT2D eigenvalue weighted by molar-refractivity contribution is 0.0304. The molecule has 7 nitrogen and oxygen atoms in total. The quantitative estimate of drug-likeness (QED) is 0.867. The Morgan fingerprint density at radius 3 is 2.96 bits per heavy atom. The van der Waals surface area contributed by atoms with Crippen LogP contribution >= 0.6 is 11.3 Å². The molecule has 3 heterocycles. The highest BCUT2D eigenvalue weighted by molar-refractivity contribution is 7.90. The van der Waals surface area contributed by atoms with E-state index in [0.29, 0.717) is 18.9 Å². The molecule has 9 heteroatoms. The van der Waals surface area contributed by atoms with Gasteiger partial charge in [0.1, 0.15) is 5.76 Å². The molecule has 1 aliphatic heterocycles. The highest BCUT2D eigenvalue weighted by atomic mass is 32.2. The Bertz CT molecular complexity index is 805. The van der Waals surface area contributed by atoms with Crippen LogP contribution in [0, 0.1) is 6.92 Å². The van der Waals surface area contributed by atoms with Gasteiger partial charge in [0.15, 0.2) is 5.69 Å². The summed E-state index contributed by atoms with van der Waals surface area (Å²) in [6.45, 7) is 2.14. The zero-order valence-electron chi connectivity index (χ0n) is 13.1. The number of sulfonamides is 1. The molecule has 0 bridgehead atoms. The summed E-state index contributed by atoms with van der Waals surface area (Å²) in [7, 11) is -3.79. The zero-order valence-corrected chi connectivity index (χ0v) is 14.8. The zero-order chi connectivity index (χ0) is 17.2. The fourth-order valence-electron chi connectivity index (χ4n) is 2.53. The van der Waals surface area contributed by atoms with Crippen molar-refractivity contribution in [2.75, 3.05) is 12.4 Å². The van der Waals surface area contributed by atoms with Crippen molar-refractivity contribution in [2.24, 2.45) is 0 Å². The van der Waals surface area contributed by atoms with Crippen LogP contribution < -0.4 is 4.72 Å². The number of rotatable bonds is 5. The molecule has 2 aromatic heterocycles. The second kappa shape index (κ2) is 7.04. The first-order valence-corrected chi connectivity index (χ1v) is 10.2. The second-order valence-electron chi connectivity index (χ2n) is 5.60. The number of aryl methyl sites for hydroxylation is 1. The van der Waals surface area contributed by atoms with Crippen molar-refractivity contribution in [3.05, 3.63) is 29.0 Å². The molecule has 0 aliphatic carbocycles. The van der Waals surface area contributed by atoms with Crippen molar-refractivity contribution in [3.8, 4) is 10.8 Å². The number of carbonyl (C=O) groups excluding carboxylic acids is 1. The third-order valence-corrected chi connectivity index (χ3v) is 5.84. The Kier molecular flexibility index (Phi) is 5.02. The number of carbonyl (C=O) groups is 1. The van der Waals surface area contributed by atoms with Gasteiger partial charge in [-0.05, 0) is 37.6 Å². The van der Waals surface area contributed by atoms with E-state index in [1.165, 1.54) is 11.3 Å². The molecule has 0 unspecified atom stereocenters. The highest BCUT2D eigenvalue weighted by Gasteiger charge is 2.26. The minimum Gasteiger partial charge on any atom is -0.440 e. The fraction of sp³-hybridized carbons (Fsp3) is 0.467. The van der Waals surface area contributed by atoms with E-state index in [0.717, 1.165) is 17.7 Å². The van der Waals surface area contributed by atoms with Crippen LogP contribution in [0.3, 0.4) is 0 Å². The van der Waals surface area contributed by atoms with Crippen molar-refractivity contribution in [2.45, 2.75) is 32.3 Å². The van der Waals surface area contributed by atoms with E-state index in [-0.39, 0.29) is 23.3 Å². The largest absolute Gasteiger partial charge is 0.440 e. The van der Waals surface area contributed by atoms with Crippen molar-refractivity contribution < 1.29 is 22.4 Å². The fourth-order valence-corrected chi connectivity index (χ4v) is 4.39. The first-order chi connectivity index (χ1) is 11.4. The molecule has 1 amide bonds. The maximum absolute atomic E-state index is 12.3. The lowest BCUT2D eigenvalue weighted by Gasteiger charge is -2.22. The average molecular weight is 370 g/mol. The predicted molar refractivity (Wildman–Crippen MR) is 89.4 cm³/mol. The van der Waals surface area contributed by atoms with Gasteiger partial charge in [-0.15, -0.1) is 11.3 Å². The Balaban J connectivity index is 1.70. The summed E-state index contributed by atoms with van der Waals surface area (Å²) in [5.74, 6) is -0.427. The van der Waals surface area contributed by atoms with Crippen molar-refractivity contribution >= 4 is 27.3 Å². The molecule has 1 N–H and O–H groups in total. The van der Waals surface area contributed by atoms with E-state index in [9.17, 15) is 13.2 Å². The molecule has 1 atom stereocenters. The van der Waals surface area contributed by atoms with Crippen LogP contribution in [-0.4, -0.2) is 37.8 Å². The van der Waals surface area contributed by atoms with E-state index >= 15 is 0 Å². The third kappa shape index (κ3) is 4.03. The third-order valence-electron chi connectivity index (χ3n) is 3.67. The van der Waals surface area contributed by atoms with Gasteiger partial charge in [0.05, 0.1) is 16.7 Å². The topological polar surface area (TPSA) is 98.5 Å². The number of nitrogens with one attached hydrogen (secondary N) is 1. The summed E-state index contributed by atoms with van der Waals surface area (Å²) in [6, 6.07) is 3.66. The normalized spacial score (nSPS) is 18.5. The van der Waals surface area contributed by atoms with Crippen LogP contribution in [0.15, 0.2) is 21.9 Å². The summed E-state index contributed by atoms with van der Waals surface area (Å²) in [6.07, 6.45) is 2.18. The average Bonchev–Trinajstić information content (AvgIpc) is 3.16. The maximum atomic E-state index is 12.3. The number of aromatic nitrogens is 1. The molecule has 1 saturated heterocycles. The van der Waals surface area contributed by atoms with E-state index in [1.54, 1.807) is 6.92 Å². The minimum atomic E-state index is -3.79. The lowest BCUT2D eigenvalue weighted by atomic mass is 10.1. The summed E-state index contributed by atoms with van der Waals surface area (Å²) < 4.78 is 37.3. The molecule has 24 heavy (non-hydrogen) atoms. The van der Waals surface area contributed by atoms with Gasteiger partial charge in [-0.25, -0.2) is 18.1 Å². The minimum absolute atomic E-state index is 0.0217. The monoisotopic (exact) mass is 370 g/mol. The predicted octanol–water partition coefficient (Wildman–Crippen LogP) is 2.34. The highest BCUT2D eigenvalue weighted by Crippen LogP contribution is 2.26. The number of ether oxygens (including phenoxy) is 1. The molecule has 0 radical (unpaired) electrons. The Hall–Kier alpha value is -1.71. The van der Waals surface area contributed by atoms with Crippen LogP contribution in [0.1, 0.15) is 35.5 Å². The van der Waals surface area contributed by atoms with Gasteiger partial charge in [-0.2, -0.15) is 0 Å². The van der Waals surface area contributed by atoms with Crippen molar-refractivity contribution in [1.29, 1.82) is 0 Å². The van der Waals surface area contributed by atoms with Crippen LogP contribution in [0.2, 0.25) is 0 Å². The van der Waals surface area contributed by atoms with Gasteiger partial charge in [-0.3, -0.25) is 4.79 Å². The molecule has 0 spiro atoms. The van der Waals surface area contributed by atoms with Crippen LogP contribution in [0.4, 0.5) is 0 Å². The van der Waals surface area contributed by atoms with Gasteiger partial charge in [0.2, 0.25) is 15.9 Å². The Labute approximate surface area is 144 Å². The number of thiophene rings is 1. The van der Waals surface area contributed by atoms with Crippen molar-refractivity contribution in [3.63, 3.8) is 0 Å². The summed E-state index contributed by atoms with van der Waals surface area (Å²) >= 11 is 1.42. The lowest BCUT2D eigenvalue weighted by Crippen LogP contribution is -2.38. The van der Waals surface area contributed by atoms with Gasteiger partial charge in [0, 0.05) is 6.61 Å². The molecule has 0 aromatic carbocycles. The molecular formula is C15H18N2O5S2. The molecule has 2 aromatic rings. The van der Waals surface area contributed by atoms with Gasteiger partial charge in [0.25, 0.3) is 5.91 Å². The molecule has 3 rings (SSSR count). The number of hydrogen-bond donors (Lipinski definition) is 1. The van der Waals surface area contributed by atoms with E-state index in [1.807, 2.05) is 17.5 Å². The van der Waals surface area contributed by atoms with Gasteiger partial charge in [-0.1, -0.05) is 6.07 Å². The van der Waals surface area contributed by atoms with Crippen LogP contribution in [-0.2, 0) is 14.8 Å². The summed E-state index contributed by atoms with van der Waals surface area (Å²) in [4.78, 5) is 17.1. The Morgan fingerprint density at radius 1 is 1.46 bits per heavy atom. The molecule has 0 saturated carbocycles. The number of nitrogens with zero attached hydrogens (tertiary/aromatic N) is 1. The van der Waals surface area contributed by atoms with Crippen molar-refractivity contribution in [1.82, 2.24) is 9.71 Å². The molecule has 130 valence electrons. The Morgan fingerprint density at radius 2 is 2.29 bits per heavy atom. The summed E-state index contributed by atoms with van der Waals surface area (Å²) in [5.41, 5.74) is -0.0217. The first kappa shape index (κ1) is 17.1. The number of amides is 1. The first-order valence-electron chi connectivity index (χ1n) is 7.62. The number of hydrogen-bond acceptors (Lipinski definition) is 7. The second-order valence-corrected chi connectivity index (χ2v) is 8.32. The van der Waals surface area contributed by atoms with Gasteiger partial charge < -0.3 is 9.15 Å². The SMILES string of the molecule is Cc1oc(-c2cccs2)nc1C(=O)NS(=O)(=O)C[C@H]1CCCCO1. The molecule has 1 aliphatic rings. The standard InChI is InChI=1S/C15H18N2O5S2/c1-10-13(16-15(22-10)12-6-4-8-23-12)14(18)17-24(19,20)9-11-5-2-3-7-21-11/h4,6,8,11H,2-3,5,7,9H2,1H3,(H,17,18)/t11-/m1/s1. The summed E-state index contributed by atoms with van der Waals surface area (Å²) in [5, 5.41) is 1.86. The smallest absolute Gasteiger partial charge is 0.286 e. The van der Waals surface area contributed by atoms with Crippen LogP contribution in [0.25, 0.3) is 10.8 Å². The maximum Gasteiger partial charge on any atom is 0.286 e. The van der Waals surface area contributed by atoms with E-state index in [2.05, 4.69) is 9.71 Å². The van der Waals surface area contributed by atoms with Crippen LogP contribution in [0.5, 0.6) is 0 Å². The number of oxazole rings is 1. The molecular weight excluding hydrogens is 352 g/mol.